The van der Waals surface area contributed by atoms with Gasteiger partial charge in [-0.05, 0) is 105 Å². The second-order valence-corrected chi connectivity index (χ2v) is 16.5. The van der Waals surface area contributed by atoms with Gasteiger partial charge >= 0.3 is 0 Å². The van der Waals surface area contributed by atoms with E-state index in [1.165, 1.54) is 82.3 Å². The van der Waals surface area contributed by atoms with Gasteiger partial charge in [-0.15, -0.1) is 0 Å². The molecule has 12 aromatic rings. The van der Waals surface area contributed by atoms with Crippen LogP contribution in [-0.4, -0.2) is 9.13 Å². The van der Waals surface area contributed by atoms with Crippen LogP contribution in [0.5, 0.6) is 0 Å². The van der Waals surface area contributed by atoms with Crippen molar-refractivity contribution in [3.63, 3.8) is 0 Å². The molecule has 0 atom stereocenters. The quantitative estimate of drug-likeness (QED) is 0.177. The molecule has 0 aliphatic heterocycles. The number of nitrogens with zero attached hydrogens (tertiary/aromatic N) is 2. The smallest absolute Gasteiger partial charge is 0.143 e. The largest absolute Gasteiger partial charge is 0.455 e. The Morgan fingerprint density at radius 1 is 0.379 bits per heavy atom. The third kappa shape index (κ3) is 4.23. The highest BCUT2D eigenvalue weighted by molar-refractivity contribution is 6.19. The Morgan fingerprint density at radius 3 is 1.71 bits per heavy atom. The summed E-state index contributed by atoms with van der Waals surface area (Å²) in [7, 11) is 0. The molecule has 0 unspecified atom stereocenters. The average Bonchev–Trinajstić information content (AvgIpc) is 3.97. The molecule has 1 aliphatic carbocycles. The maximum absolute atomic E-state index is 6.43. The van der Waals surface area contributed by atoms with Crippen LogP contribution in [0.2, 0.25) is 0 Å². The molecule has 9 aromatic carbocycles. The third-order valence-corrected chi connectivity index (χ3v) is 13.1. The van der Waals surface area contributed by atoms with E-state index in [-0.39, 0.29) is 5.41 Å². The molecule has 3 aromatic heterocycles. The van der Waals surface area contributed by atoms with Gasteiger partial charge in [-0.2, -0.15) is 0 Å². The fourth-order valence-electron chi connectivity index (χ4n) is 10.3. The van der Waals surface area contributed by atoms with Crippen LogP contribution in [0.3, 0.4) is 0 Å². The highest BCUT2D eigenvalue weighted by Gasteiger charge is 2.36. The lowest BCUT2D eigenvalue weighted by Gasteiger charge is -2.22. The summed E-state index contributed by atoms with van der Waals surface area (Å²) in [5.74, 6) is 0. The third-order valence-electron chi connectivity index (χ3n) is 13.1. The number of fused-ring (bicyclic) bond motifs is 13. The minimum Gasteiger partial charge on any atom is -0.455 e. The van der Waals surface area contributed by atoms with Gasteiger partial charge in [0.25, 0.3) is 0 Å². The monoisotopic (exact) mass is 740 g/mol. The van der Waals surface area contributed by atoms with Gasteiger partial charge in [0.2, 0.25) is 0 Å². The summed E-state index contributed by atoms with van der Waals surface area (Å²) in [5, 5.41) is 9.88. The van der Waals surface area contributed by atoms with Crippen LogP contribution < -0.4 is 0 Å². The molecule has 0 amide bonds. The number of aromatic nitrogens is 2. The summed E-state index contributed by atoms with van der Waals surface area (Å²) in [6.45, 7) is 4.76. The van der Waals surface area contributed by atoms with E-state index < -0.39 is 0 Å². The van der Waals surface area contributed by atoms with Crippen LogP contribution >= 0.6 is 0 Å². The van der Waals surface area contributed by atoms with E-state index in [0.29, 0.717) is 0 Å². The first-order valence-corrected chi connectivity index (χ1v) is 20.2. The normalized spacial score (nSPS) is 13.5. The van der Waals surface area contributed by atoms with Gasteiger partial charge in [0.1, 0.15) is 11.2 Å². The van der Waals surface area contributed by atoms with Gasteiger partial charge in [0, 0.05) is 54.7 Å². The molecule has 0 bridgehead atoms. The second kappa shape index (κ2) is 11.4. The molecule has 0 saturated carbocycles. The lowest BCUT2D eigenvalue weighted by atomic mass is 9.81. The molecule has 13 rings (SSSR count). The maximum Gasteiger partial charge on any atom is 0.143 e. The van der Waals surface area contributed by atoms with Crippen molar-refractivity contribution in [1.82, 2.24) is 9.13 Å². The van der Waals surface area contributed by atoms with Crippen LogP contribution in [0.25, 0.3) is 110 Å². The Hall–Kier alpha value is -7.36. The summed E-state index contributed by atoms with van der Waals surface area (Å²) in [5.41, 5.74) is 16.5. The molecule has 1 aliphatic rings. The van der Waals surface area contributed by atoms with E-state index in [1.54, 1.807) is 0 Å². The number of para-hydroxylation sites is 4. The Kier molecular flexibility index (Phi) is 6.23. The highest BCUT2D eigenvalue weighted by Crippen LogP contribution is 2.51. The summed E-state index contributed by atoms with van der Waals surface area (Å²) in [6, 6.07) is 66.9. The van der Waals surface area contributed by atoms with Gasteiger partial charge in [-0.25, -0.2) is 0 Å². The number of rotatable bonds is 3. The van der Waals surface area contributed by atoms with Gasteiger partial charge < -0.3 is 13.6 Å². The van der Waals surface area contributed by atoms with Crippen molar-refractivity contribution in [1.29, 1.82) is 0 Å². The van der Waals surface area contributed by atoms with Crippen LogP contribution in [0.1, 0.15) is 25.0 Å². The number of furan rings is 1. The first-order valence-electron chi connectivity index (χ1n) is 20.2. The van der Waals surface area contributed by atoms with Gasteiger partial charge in [-0.3, -0.25) is 0 Å². The van der Waals surface area contributed by atoms with Crippen LogP contribution in [-0.2, 0) is 5.41 Å². The van der Waals surface area contributed by atoms with E-state index >= 15 is 0 Å². The van der Waals surface area contributed by atoms with Crippen LogP contribution in [0, 0.1) is 0 Å². The summed E-state index contributed by atoms with van der Waals surface area (Å²) in [4.78, 5) is 0. The van der Waals surface area contributed by atoms with Crippen LogP contribution in [0.15, 0.2) is 186 Å². The maximum atomic E-state index is 6.43. The lowest BCUT2D eigenvalue weighted by molar-refractivity contribution is 0.660. The Morgan fingerprint density at radius 2 is 0.966 bits per heavy atom. The van der Waals surface area contributed by atoms with Crippen molar-refractivity contribution >= 4 is 76.3 Å². The standard InChI is InChI=1S/C55H36N2O/c1-55(2)47-29-35-13-4-3-12-34(35)28-44(47)39-27-26-37(30-48(39)55)57-50-20-9-6-15-41(50)46-31-45-40-14-5-8-19-49(40)56(51(45)32-52(46)57)36-24-22-33(23-25-36)38-17-11-18-43-42-16-7-10-21-53(42)58-54(38)43/h3-32H,1-2H3. The molecule has 0 fully saturated rings. The van der Waals surface area contributed by atoms with Crippen molar-refractivity contribution in [3.05, 3.63) is 193 Å². The van der Waals surface area contributed by atoms with Crippen molar-refractivity contribution < 1.29 is 4.42 Å². The summed E-state index contributed by atoms with van der Waals surface area (Å²) >= 11 is 0. The van der Waals surface area contributed by atoms with E-state index in [0.717, 1.165) is 38.8 Å². The first kappa shape index (κ1) is 31.8. The zero-order valence-corrected chi connectivity index (χ0v) is 32.1. The number of hydrogen-bond acceptors (Lipinski definition) is 1. The molecule has 3 heterocycles. The topological polar surface area (TPSA) is 23.0 Å². The molecule has 272 valence electrons. The Labute approximate surface area is 334 Å². The van der Waals surface area contributed by atoms with Crippen molar-refractivity contribution in [2.75, 3.05) is 0 Å². The molecule has 0 N–H and O–H groups in total. The first-order chi connectivity index (χ1) is 28.5. The van der Waals surface area contributed by atoms with E-state index in [1.807, 2.05) is 12.1 Å². The van der Waals surface area contributed by atoms with E-state index in [2.05, 4.69) is 193 Å². The zero-order chi connectivity index (χ0) is 38.3. The second-order valence-electron chi connectivity index (χ2n) is 16.5. The van der Waals surface area contributed by atoms with Gasteiger partial charge in [0.05, 0.1) is 22.1 Å². The minimum absolute atomic E-state index is 0.134. The van der Waals surface area contributed by atoms with E-state index in [4.69, 9.17) is 4.42 Å². The molecule has 58 heavy (non-hydrogen) atoms. The molecular weight excluding hydrogens is 705 g/mol. The van der Waals surface area contributed by atoms with Gasteiger partial charge in [-0.1, -0.05) is 129 Å². The summed E-state index contributed by atoms with van der Waals surface area (Å²) in [6.07, 6.45) is 0. The number of hydrogen-bond donors (Lipinski definition) is 0. The fraction of sp³-hybridized carbons (Fsp3) is 0.0545. The minimum atomic E-state index is -0.134. The Balaban J connectivity index is 1.01. The molecule has 0 radical (unpaired) electrons. The fourth-order valence-corrected chi connectivity index (χ4v) is 10.3. The number of benzene rings is 9. The molecule has 0 spiro atoms. The predicted octanol–water partition coefficient (Wildman–Crippen LogP) is 14.9. The van der Waals surface area contributed by atoms with Gasteiger partial charge in [0.15, 0.2) is 0 Å². The summed E-state index contributed by atoms with van der Waals surface area (Å²) < 4.78 is 11.4. The van der Waals surface area contributed by atoms with Crippen molar-refractivity contribution in [2.24, 2.45) is 0 Å². The molecule has 3 nitrogen and oxygen atoms in total. The molecular formula is C55H36N2O. The SMILES string of the molecule is CC1(C)c2cc(-n3c4ccccc4c4cc5c6ccccc6n(-c6ccc(-c7cccc8c7oc7ccccc78)cc6)c5cc43)ccc2-c2cc3ccccc3cc21. The van der Waals surface area contributed by atoms with Crippen molar-refractivity contribution in [3.8, 4) is 33.6 Å². The van der Waals surface area contributed by atoms with Crippen molar-refractivity contribution in [2.45, 2.75) is 19.3 Å². The van der Waals surface area contributed by atoms with Crippen LogP contribution in [0.4, 0.5) is 0 Å². The Bertz CT molecular complexity index is 3700. The molecule has 0 saturated heterocycles. The predicted molar refractivity (Wildman–Crippen MR) is 243 cm³/mol. The van der Waals surface area contributed by atoms with E-state index in [9.17, 15) is 0 Å². The highest BCUT2D eigenvalue weighted by atomic mass is 16.3. The average molecular weight is 741 g/mol. The zero-order valence-electron chi connectivity index (χ0n) is 32.1. The lowest BCUT2D eigenvalue weighted by Crippen LogP contribution is -2.15. The molecule has 3 heteroatoms.